The number of H-pyrrole nitrogens is 1. The maximum absolute atomic E-state index is 12.3. The number of urea groups is 1. The Labute approximate surface area is 123 Å². The van der Waals surface area contributed by atoms with E-state index < -0.39 is 0 Å². The highest BCUT2D eigenvalue weighted by Crippen LogP contribution is 2.28. The second-order valence-corrected chi connectivity index (χ2v) is 4.96. The van der Waals surface area contributed by atoms with Gasteiger partial charge in [0.2, 0.25) is 5.91 Å². The van der Waals surface area contributed by atoms with Gasteiger partial charge in [-0.2, -0.15) is 5.10 Å². The second-order valence-electron chi connectivity index (χ2n) is 4.96. The molecule has 0 saturated carbocycles. The number of aryl methyl sites for hydroxylation is 2. The first kappa shape index (κ1) is 15.3. The Morgan fingerprint density at radius 2 is 2.24 bits per heavy atom. The van der Waals surface area contributed by atoms with Gasteiger partial charge in [-0.05, 0) is 13.8 Å². The van der Waals surface area contributed by atoms with E-state index in [2.05, 4.69) is 20.8 Å². The first-order valence-electron chi connectivity index (χ1n) is 6.88. The number of rotatable bonds is 3. The normalized spacial score (nSPS) is 18.4. The molecule has 21 heavy (non-hydrogen) atoms. The number of amides is 3. The molecule has 1 atom stereocenters. The molecule has 2 heterocycles. The molecule has 3 N–H and O–H groups in total. The Hall–Kier alpha value is -2.09. The van der Waals surface area contributed by atoms with Gasteiger partial charge < -0.3 is 20.3 Å². The number of hydrogen-bond acceptors (Lipinski definition) is 4. The minimum absolute atomic E-state index is 0.0356. The Morgan fingerprint density at radius 1 is 1.48 bits per heavy atom. The molecule has 3 amide bonds. The van der Waals surface area contributed by atoms with Crippen LogP contribution in [0.4, 0.5) is 4.79 Å². The number of nitrogens with zero attached hydrogens (tertiary/aromatic N) is 2. The van der Waals surface area contributed by atoms with Crippen LogP contribution in [-0.4, -0.2) is 60.4 Å². The lowest BCUT2D eigenvalue weighted by Crippen LogP contribution is -2.48. The summed E-state index contributed by atoms with van der Waals surface area (Å²) in [7, 11) is 1.51. The van der Waals surface area contributed by atoms with Crippen LogP contribution >= 0.6 is 0 Å². The molecule has 2 rings (SSSR count). The predicted molar refractivity (Wildman–Crippen MR) is 75.8 cm³/mol. The van der Waals surface area contributed by atoms with Crippen molar-refractivity contribution in [2.75, 3.05) is 33.4 Å². The third kappa shape index (κ3) is 3.33. The van der Waals surface area contributed by atoms with Crippen LogP contribution in [0, 0.1) is 13.8 Å². The van der Waals surface area contributed by atoms with E-state index in [0.717, 1.165) is 17.0 Å². The topological polar surface area (TPSA) is 99.3 Å². The van der Waals surface area contributed by atoms with Crippen molar-refractivity contribution in [3.63, 3.8) is 0 Å². The summed E-state index contributed by atoms with van der Waals surface area (Å²) in [5.74, 6) is -0.132. The van der Waals surface area contributed by atoms with E-state index in [9.17, 15) is 9.59 Å². The van der Waals surface area contributed by atoms with E-state index in [-0.39, 0.29) is 24.5 Å². The molecule has 0 aliphatic carbocycles. The van der Waals surface area contributed by atoms with Crippen LogP contribution in [0.25, 0.3) is 0 Å². The Bertz CT molecular complexity index is 508. The lowest BCUT2D eigenvalue weighted by molar-refractivity contribution is -0.139. The zero-order chi connectivity index (χ0) is 15.4. The minimum Gasteiger partial charge on any atom is -0.377 e. The average Bonchev–Trinajstić information content (AvgIpc) is 2.83. The number of morpholine rings is 1. The van der Waals surface area contributed by atoms with Gasteiger partial charge >= 0.3 is 6.03 Å². The van der Waals surface area contributed by atoms with Gasteiger partial charge in [-0.3, -0.25) is 9.89 Å². The van der Waals surface area contributed by atoms with Gasteiger partial charge in [-0.1, -0.05) is 0 Å². The molecule has 1 unspecified atom stereocenters. The Kier molecular flexibility index (Phi) is 4.79. The fourth-order valence-corrected chi connectivity index (χ4v) is 2.54. The summed E-state index contributed by atoms with van der Waals surface area (Å²) >= 11 is 0. The number of carbonyl (C=O) groups is 2. The van der Waals surface area contributed by atoms with Gasteiger partial charge in [0.15, 0.2) is 0 Å². The molecule has 8 nitrogen and oxygen atoms in total. The average molecular weight is 295 g/mol. The SMILES string of the molecule is CNC(=O)NCC(=O)N1CCOCC1c1c(C)n[nH]c1C. The fourth-order valence-electron chi connectivity index (χ4n) is 2.54. The van der Waals surface area contributed by atoms with Gasteiger partial charge in [0.05, 0.1) is 31.5 Å². The summed E-state index contributed by atoms with van der Waals surface area (Å²) in [6.07, 6.45) is 0. The number of carbonyl (C=O) groups excluding carboxylic acids is 2. The monoisotopic (exact) mass is 295 g/mol. The number of aromatic amines is 1. The minimum atomic E-state index is -0.371. The van der Waals surface area contributed by atoms with Crippen molar-refractivity contribution in [2.45, 2.75) is 19.9 Å². The molecular weight excluding hydrogens is 274 g/mol. The standard InChI is InChI=1S/C13H21N5O3/c1-8-12(9(2)17-16-8)10-7-21-5-4-18(10)11(19)6-15-13(20)14-3/h10H,4-7H2,1-3H3,(H,16,17)(H2,14,15,20). The van der Waals surface area contributed by atoms with Gasteiger partial charge in [0.1, 0.15) is 0 Å². The summed E-state index contributed by atoms with van der Waals surface area (Å²) in [5.41, 5.74) is 2.78. The molecular formula is C13H21N5O3. The maximum atomic E-state index is 12.3. The molecule has 0 bridgehead atoms. The van der Waals surface area contributed by atoms with E-state index in [0.29, 0.717) is 19.8 Å². The van der Waals surface area contributed by atoms with Crippen molar-refractivity contribution in [1.29, 1.82) is 0 Å². The largest absolute Gasteiger partial charge is 0.377 e. The van der Waals surface area contributed by atoms with E-state index in [1.807, 2.05) is 13.8 Å². The van der Waals surface area contributed by atoms with Crippen LogP contribution in [0.5, 0.6) is 0 Å². The quantitative estimate of drug-likeness (QED) is 0.722. The van der Waals surface area contributed by atoms with Crippen molar-refractivity contribution in [2.24, 2.45) is 0 Å². The molecule has 1 aromatic rings. The molecule has 0 spiro atoms. The van der Waals surface area contributed by atoms with Crippen LogP contribution < -0.4 is 10.6 Å². The lowest BCUT2D eigenvalue weighted by Gasteiger charge is -2.36. The number of hydrogen-bond donors (Lipinski definition) is 3. The predicted octanol–water partition coefficient (Wildman–Crippen LogP) is -0.145. The number of ether oxygens (including phenoxy) is 1. The molecule has 1 saturated heterocycles. The highest BCUT2D eigenvalue weighted by Gasteiger charge is 2.31. The van der Waals surface area contributed by atoms with Crippen molar-refractivity contribution in [3.05, 3.63) is 17.0 Å². The smallest absolute Gasteiger partial charge is 0.314 e. The van der Waals surface area contributed by atoms with Crippen LogP contribution in [-0.2, 0) is 9.53 Å². The van der Waals surface area contributed by atoms with E-state index >= 15 is 0 Å². The van der Waals surface area contributed by atoms with E-state index in [1.165, 1.54) is 7.05 Å². The zero-order valence-electron chi connectivity index (χ0n) is 12.5. The van der Waals surface area contributed by atoms with Crippen LogP contribution in [0.15, 0.2) is 0 Å². The van der Waals surface area contributed by atoms with Crippen LogP contribution in [0.1, 0.15) is 23.0 Å². The summed E-state index contributed by atoms with van der Waals surface area (Å²) in [6.45, 7) is 5.23. The first-order valence-corrected chi connectivity index (χ1v) is 6.88. The van der Waals surface area contributed by atoms with Crippen molar-refractivity contribution in [1.82, 2.24) is 25.7 Å². The van der Waals surface area contributed by atoms with Crippen LogP contribution in [0.2, 0.25) is 0 Å². The first-order chi connectivity index (χ1) is 10.0. The van der Waals surface area contributed by atoms with E-state index in [4.69, 9.17) is 4.74 Å². The number of nitrogens with one attached hydrogen (secondary N) is 3. The third-order valence-electron chi connectivity index (χ3n) is 3.59. The van der Waals surface area contributed by atoms with Crippen LogP contribution in [0.3, 0.4) is 0 Å². The molecule has 1 aliphatic rings. The highest BCUT2D eigenvalue weighted by atomic mass is 16.5. The molecule has 1 aromatic heterocycles. The second kappa shape index (κ2) is 6.57. The molecule has 1 aliphatic heterocycles. The fraction of sp³-hybridized carbons (Fsp3) is 0.615. The van der Waals surface area contributed by atoms with Crippen molar-refractivity contribution >= 4 is 11.9 Å². The van der Waals surface area contributed by atoms with Crippen molar-refractivity contribution < 1.29 is 14.3 Å². The number of aromatic nitrogens is 2. The van der Waals surface area contributed by atoms with Gasteiger partial charge in [-0.15, -0.1) is 0 Å². The summed E-state index contributed by atoms with van der Waals surface area (Å²) < 4.78 is 5.51. The maximum Gasteiger partial charge on any atom is 0.314 e. The molecule has 1 fully saturated rings. The molecule has 116 valence electrons. The van der Waals surface area contributed by atoms with E-state index in [1.54, 1.807) is 4.90 Å². The Morgan fingerprint density at radius 3 is 2.86 bits per heavy atom. The third-order valence-corrected chi connectivity index (χ3v) is 3.59. The summed E-state index contributed by atoms with van der Waals surface area (Å²) in [5, 5.41) is 12.0. The van der Waals surface area contributed by atoms with Gasteiger partial charge in [0, 0.05) is 24.8 Å². The Balaban J connectivity index is 2.12. The molecule has 8 heteroatoms. The van der Waals surface area contributed by atoms with Crippen molar-refractivity contribution in [3.8, 4) is 0 Å². The summed E-state index contributed by atoms with van der Waals surface area (Å²) in [4.78, 5) is 25.3. The zero-order valence-corrected chi connectivity index (χ0v) is 12.5. The lowest BCUT2D eigenvalue weighted by atomic mass is 10.0. The highest BCUT2D eigenvalue weighted by molar-refractivity contribution is 5.84. The van der Waals surface area contributed by atoms with Gasteiger partial charge in [-0.25, -0.2) is 4.79 Å². The molecule has 0 aromatic carbocycles. The summed E-state index contributed by atoms with van der Waals surface area (Å²) in [6, 6.07) is -0.541. The molecule has 0 radical (unpaired) electrons. The van der Waals surface area contributed by atoms with Gasteiger partial charge in [0.25, 0.3) is 0 Å².